The van der Waals surface area contributed by atoms with Gasteiger partial charge in [0.25, 0.3) is 0 Å². The maximum absolute atomic E-state index is 12.2. The first-order valence-electron chi connectivity index (χ1n) is 7.91. The van der Waals surface area contributed by atoms with E-state index in [2.05, 4.69) is 27.0 Å². The molecule has 1 rings (SSSR count). The third-order valence-corrected chi connectivity index (χ3v) is 4.54. The van der Waals surface area contributed by atoms with Gasteiger partial charge in [-0.3, -0.25) is 4.79 Å². The average molecular weight is 316 g/mol. The molecule has 3 nitrogen and oxygen atoms in total. The van der Waals surface area contributed by atoms with Crippen LogP contribution in [-0.2, 0) is 14.9 Å². The van der Waals surface area contributed by atoms with E-state index in [9.17, 15) is 4.79 Å². The summed E-state index contributed by atoms with van der Waals surface area (Å²) in [7, 11) is 1.63. The lowest BCUT2D eigenvalue weighted by molar-refractivity contribution is -0.145. The molecule has 1 unspecified atom stereocenters. The van der Waals surface area contributed by atoms with Crippen LogP contribution in [0.2, 0.25) is 0 Å². The fraction of sp³-hybridized carbons (Fsp3) is 0.450. The van der Waals surface area contributed by atoms with Crippen molar-refractivity contribution in [3.63, 3.8) is 0 Å². The molecule has 23 heavy (non-hydrogen) atoms. The summed E-state index contributed by atoms with van der Waals surface area (Å²) >= 11 is 0. The summed E-state index contributed by atoms with van der Waals surface area (Å²) in [5, 5.41) is 0. The second-order valence-corrected chi connectivity index (χ2v) is 6.26. The molecule has 0 saturated heterocycles. The zero-order valence-corrected chi connectivity index (χ0v) is 14.7. The number of ether oxygens (including phenoxy) is 2. The first-order valence-corrected chi connectivity index (χ1v) is 7.91. The molecule has 0 amide bonds. The largest absolute Gasteiger partial charge is 0.497 e. The van der Waals surface area contributed by atoms with Crippen molar-refractivity contribution in [3.05, 3.63) is 55.1 Å². The Morgan fingerprint density at radius 2 is 1.83 bits per heavy atom. The highest BCUT2D eigenvalue weighted by Gasteiger charge is 2.45. The van der Waals surface area contributed by atoms with Crippen LogP contribution in [0.15, 0.2) is 49.6 Å². The Morgan fingerprint density at radius 1 is 1.22 bits per heavy atom. The second kappa shape index (κ2) is 8.00. The van der Waals surface area contributed by atoms with Gasteiger partial charge in [0.1, 0.15) is 5.75 Å². The van der Waals surface area contributed by atoms with Gasteiger partial charge in [0, 0.05) is 5.41 Å². The Bertz CT molecular complexity index is 543. The predicted octanol–water partition coefficient (Wildman–Crippen LogP) is 4.67. The summed E-state index contributed by atoms with van der Waals surface area (Å²) in [6, 6.07) is 7.79. The third-order valence-electron chi connectivity index (χ3n) is 4.54. The smallest absolute Gasteiger partial charge is 0.307 e. The van der Waals surface area contributed by atoms with Gasteiger partial charge in [0.15, 0.2) is 0 Å². The number of carbonyl (C=O) groups is 1. The number of methoxy groups -OCH3 is 1. The maximum Gasteiger partial charge on any atom is 0.307 e. The monoisotopic (exact) mass is 316 g/mol. The quantitative estimate of drug-likeness (QED) is 0.490. The standard InChI is InChI=1S/C20H28O3/c1-7-14-19(4,5)20(8-2,15-18(21)23-9-3)16-10-12-17(22-6)13-11-16/h7-8,10-13H,1-2,9,14-15H2,3-6H3. The van der Waals surface area contributed by atoms with Gasteiger partial charge in [-0.25, -0.2) is 0 Å². The van der Waals surface area contributed by atoms with Crippen LogP contribution in [0.1, 0.15) is 39.2 Å². The fourth-order valence-electron chi connectivity index (χ4n) is 3.07. The fourth-order valence-corrected chi connectivity index (χ4v) is 3.07. The molecule has 0 bridgehead atoms. The van der Waals surface area contributed by atoms with Crippen molar-refractivity contribution in [2.45, 2.75) is 39.0 Å². The maximum atomic E-state index is 12.2. The molecule has 0 fully saturated rings. The molecule has 0 aromatic heterocycles. The van der Waals surface area contributed by atoms with Gasteiger partial charge in [-0.1, -0.05) is 38.1 Å². The van der Waals surface area contributed by atoms with Gasteiger partial charge in [-0.2, -0.15) is 0 Å². The SMILES string of the molecule is C=CCC(C)(C)C(C=C)(CC(=O)OCC)c1ccc(OC)cc1. The van der Waals surface area contributed by atoms with Crippen LogP contribution in [0.25, 0.3) is 0 Å². The van der Waals surface area contributed by atoms with Crippen LogP contribution in [0.3, 0.4) is 0 Å². The Kier molecular flexibility index (Phi) is 6.62. The number of hydrogen-bond donors (Lipinski definition) is 0. The van der Waals surface area contributed by atoms with E-state index >= 15 is 0 Å². The normalized spacial score (nSPS) is 13.7. The van der Waals surface area contributed by atoms with Crippen molar-refractivity contribution in [1.82, 2.24) is 0 Å². The molecule has 0 aliphatic rings. The molecule has 1 aromatic rings. The van der Waals surface area contributed by atoms with Crippen molar-refractivity contribution >= 4 is 5.97 Å². The molecule has 0 radical (unpaired) electrons. The minimum atomic E-state index is -0.542. The lowest BCUT2D eigenvalue weighted by Crippen LogP contribution is -2.42. The van der Waals surface area contributed by atoms with E-state index in [1.165, 1.54) is 0 Å². The lowest BCUT2D eigenvalue weighted by atomic mass is 9.58. The lowest BCUT2D eigenvalue weighted by Gasteiger charge is -2.44. The van der Waals surface area contributed by atoms with Crippen LogP contribution in [0.5, 0.6) is 5.75 Å². The number of carbonyl (C=O) groups excluding carboxylic acids is 1. The molecule has 0 aliphatic heterocycles. The molecule has 1 aromatic carbocycles. The molecule has 0 aliphatic carbocycles. The van der Waals surface area contributed by atoms with E-state index in [4.69, 9.17) is 9.47 Å². The first-order chi connectivity index (χ1) is 10.9. The summed E-state index contributed by atoms with van der Waals surface area (Å²) in [6.07, 6.45) is 4.75. The van der Waals surface area contributed by atoms with E-state index < -0.39 is 5.41 Å². The van der Waals surface area contributed by atoms with Crippen molar-refractivity contribution in [3.8, 4) is 5.75 Å². The molecule has 3 heteroatoms. The van der Waals surface area contributed by atoms with Crippen molar-refractivity contribution < 1.29 is 14.3 Å². The highest BCUT2D eigenvalue weighted by molar-refractivity contribution is 5.72. The van der Waals surface area contributed by atoms with Gasteiger partial charge in [-0.15, -0.1) is 13.2 Å². The van der Waals surface area contributed by atoms with Crippen molar-refractivity contribution in [2.24, 2.45) is 5.41 Å². The van der Waals surface area contributed by atoms with E-state index in [0.29, 0.717) is 6.61 Å². The van der Waals surface area contributed by atoms with Gasteiger partial charge in [0.2, 0.25) is 0 Å². The topological polar surface area (TPSA) is 35.5 Å². The summed E-state index contributed by atoms with van der Waals surface area (Å²) < 4.78 is 10.4. The molecule has 1 atom stereocenters. The zero-order valence-electron chi connectivity index (χ0n) is 14.7. The summed E-state index contributed by atoms with van der Waals surface area (Å²) in [6.45, 7) is 14.3. The Hall–Kier alpha value is -2.03. The van der Waals surface area contributed by atoms with Gasteiger partial charge >= 0.3 is 5.97 Å². The van der Waals surface area contributed by atoms with Gasteiger partial charge in [-0.05, 0) is 36.5 Å². The van der Waals surface area contributed by atoms with Crippen molar-refractivity contribution in [1.29, 1.82) is 0 Å². The number of benzene rings is 1. The van der Waals surface area contributed by atoms with Crippen LogP contribution in [0.4, 0.5) is 0 Å². The number of hydrogen-bond acceptors (Lipinski definition) is 3. The molecular weight excluding hydrogens is 288 g/mol. The highest BCUT2D eigenvalue weighted by Crippen LogP contribution is 2.48. The zero-order chi connectivity index (χ0) is 17.5. The Balaban J connectivity index is 3.39. The third kappa shape index (κ3) is 4.04. The molecule has 0 saturated carbocycles. The van der Waals surface area contributed by atoms with E-state index in [1.807, 2.05) is 43.3 Å². The molecular formula is C20H28O3. The van der Waals surface area contributed by atoms with Gasteiger partial charge in [0.05, 0.1) is 20.1 Å². The van der Waals surface area contributed by atoms with Crippen LogP contribution >= 0.6 is 0 Å². The van der Waals surface area contributed by atoms with E-state index in [1.54, 1.807) is 7.11 Å². The number of esters is 1. The van der Waals surface area contributed by atoms with Crippen LogP contribution in [0, 0.1) is 5.41 Å². The predicted molar refractivity (Wildman–Crippen MR) is 94.7 cm³/mol. The van der Waals surface area contributed by atoms with Crippen molar-refractivity contribution in [2.75, 3.05) is 13.7 Å². The van der Waals surface area contributed by atoms with Crippen LogP contribution < -0.4 is 4.74 Å². The highest BCUT2D eigenvalue weighted by atomic mass is 16.5. The Morgan fingerprint density at radius 3 is 2.26 bits per heavy atom. The minimum absolute atomic E-state index is 0.222. The summed E-state index contributed by atoms with van der Waals surface area (Å²) in [4.78, 5) is 12.2. The summed E-state index contributed by atoms with van der Waals surface area (Å²) in [5.74, 6) is 0.560. The Labute approximate surface area is 140 Å². The van der Waals surface area contributed by atoms with Crippen LogP contribution in [-0.4, -0.2) is 19.7 Å². The number of allylic oxidation sites excluding steroid dienone is 2. The van der Waals surface area contributed by atoms with Gasteiger partial charge < -0.3 is 9.47 Å². The van der Waals surface area contributed by atoms with E-state index in [-0.39, 0.29) is 17.8 Å². The molecule has 126 valence electrons. The summed E-state index contributed by atoms with van der Waals surface area (Å²) in [5.41, 5.74) is 0.241. The first kappa shape index (κ1) is 19.0. The second-order valence-electron chi connectivity index (χ2n) is 6.26. The number of rotatable bonds is 9. The molecule has 0 N–H and O–H groups in total. The minimum Gasteiger partial charge on any atom is -0.497 e. The molecule has 0 spiro atoms. The van der Waals surface area contributed by atoms with E-state index in [0.717, 1.165) is 17.7 Å². The molecule has 0 heterocycles. The average Bonchev–Trinajstić information content (AvgIpc) is 2.52.